The summed E-state index contributed by atoms with van der Waals surface area (Å²) in [6.07, 6.45) is 1.95. The largest absolute Gasteiger partial charge is 0.292 e. The minimum absolute atomic E-state index is 0.928. The van der Waals surface area contributed by atoms with Gasteiger partial charge in [-0.25, -0.2) is 0 Å². The van der Waals surface area contributed by atoms with Crippen molar-refractivity contribution >= 4 is 6.21 Å². The average molecular weight is 187 g/mol. The quantitative estimate of drug-likeness (QED) is 0.694. The van der Waals surface area contributed by atoms with Crippen molar-refractivity contribution in [3.05, 3.63) is 41.3 Å². The molecular weight excluding hydrogens is 172 g/mol. The van der Waals surface area contributed by atoms with E-state index in [0.29, 0.717) is 0 Å². The van der Waals surface area contributed by atoms with Crippen molar-refractivity contribution in [3.8, 4) is 0 Å². The SMILES string of the molecule is C[C](C)CN1Cc2ccccc2C=N1. The lowest BCUT2D eigenvalue weighted by Gasteiger charge is -2.25. The first kappa shape index (κ1) is 9.25. The maximum Gasteiger partial charge on any atom is 0.0617 e. The van der Waals surface area contributed by atoms with E-state index in [-0.39, 0.29) is 0 Å². The van der Waals surface area contributed by atoms with Crippen LogP contribution in [-0.2, 0) is 6.54 Å². The van der Waals surface area contributed by atoms with Gasteiger partial charge in [-0.1, -0.05) is 38.1 Å². The fourth-order valence-corrected chi connectivity index (χ4v) is 1.65. The first-order chi connectivity index (χ1) is 6.75. The number of hydrazone groups is 1. The van der Waals surface area contributed by atoms with Crippen molar-refractivity contribution in [2.75, 3.05) is 6.54 Å². The molecule has 0 spiro atoms. The average Bonchev–Trinajstić information content (AvgIpc) is 2.17. The van der Waals surface area contributed by atoms with E-state index in [2.05, 4.69) is 48.2 Å². The molecule has 0 unspecified atom stereocenters. The molecule has 2 nitrogen and oxygen atoms in total. The van der Waals surface area contributed by atoms with Gasteiger partial charge in [0, 0.05) is 6.54 Å². The molecule has 0 saturated heterocycles. The lowest BCUT2D eigenvalue weighted by molar-refractivity contribution is 0.288. The molecule has 1 aliphatic heterocycles. The van der Waals surface area contributed by atoms with Crippen molar-refractivity contribution in [3.63, 3.8) is 0 Å². The summed E-state index contributed by atoms with van der Waals surface area (Å²) in [4.78, 5) is 0. The van der Waals surface area contributed by atoms with E-state index in [4.69, 9.17) is 0 Å². The highest BCUT2D eigenvalue weighted by Gasteiger charge is 2.11. The number of rotatable bonds is 2. The second kappa shape index (κ2) is 3.82. The van der Waals surface area contributed by atoms with Gasteiger partial charge in [0.15, 0.2) is 0 Å². The van der Waals surface area contributed by atoms with Crippen molar-refractivity contribution < 1.29 is 0 Å². The number of nitrogens with zero attached hydrogens (tertiary/aromatic N) is 2. The Kier molecular flexibility index (Phi) is 2.53. The van der Waals surface area contributed by atoms with E-state index < -0.39 is 0 Å². The molecule has 0 aliphatic carbocycles. The summed E-state index contributed by atoms with van der Waals surface area (Å²) in [6.45, 7) is 6.15. The van der Waals surface area contributed by atoms with Crippen LogP contribution in [0.3, 0.4) is 0 Å². The van der Waals surface area contributed by atoms with Crippen LogP contribution in [0, 0.1) is 5.92 Å². The third-order valence-electron chi connectivity index (χ3n) is 2.27. The summed E-state index contributed by atoms with van der Waals surface area (Å²) in [7, 11) is 0. The highest BCUT2D eigenvalue weighted by Crippen LogP contribution is 2.16. The summed E-state index contributed by atoms with van der Waals surface area (Å²) in [5.41, 5.74) is 2.61. The Hall–Kier alpha value is -1.31. The summed E-state index contributed by atoms with van der Waals surface area (Å²) >= 11 is 0. The lowest BCUT2D eigenvalue weighted by Crippen LogP contribution is -2.24. The predicted molar refractivity (Wildman–Crippen MR) is 59.0 cm³/mol. The third-order valence-corrected chi connectivity index (χ3v) is 2.27. The Morgan fingerprint density at radius 2 is 2.14 bits per heavy atom. The van der Waals surface area contributed by atoms with Gasteiger partial charge < -0.3 is 0 Å². The molecule has 1 heterocycles. The number of hydrogen-bond donors (Lipinski definition) is 0. The van der Waals surface area contributed by atoms with Gasteiger partial charge in [-0.05, 0) is 17.0 Å². The van der Waals surface area contributed by atoms with Crippen molar-refractivity contribution in [2.45, 2.75) is 20.4 Å². The molecule has 2 heteroatoms. The molecule has 1 radical (unpaired) electrons. The first-order valence-electron chi connectivity index (χ1n) is 4.91. The monoisotopic (exact) mass is 187 g/mol. The summed E-state index contributed by atoms with van der Waals surface area (Å²) in [5.74, 6) is 1.39. The highest BCUT2D eigenvalue weighted by atomic mass is 15.4. The van der Waals surface area contributed by atoms with Crippen LogP contribution in [0.2, 0.25) is 0 Å². The van der Waals surface area contributed by atoms with Crippen LogP contribution in [-0.4, -0.2) is 17.8 Å². The van der Waals surface area contributed by atoms with E-state index in [1.165, 1.54) is 17.0 Å². The molecule has 0 fully saturated rings. The minimum atomic E-state index is 0.928. The molecule has 0 amide bonds. The molecule has 14 heavy (non-hydrogen) atoms. The van der Waals surface area contributed by atoms with Gasteiger partial charge >= 0.3 is 0 Å². The maximum absolute atomic E-state index is 4.40. The number of hydrogen-bond acceptors (Lipinski definition) is 2. The summed E-state index contributed by atoms with van der Waals surface area (Å²) in [6, 6.07) is 8.41. The Morgan fingerprint density at radius 1 is 1.36 bits per heavy atom. The molecule has 0 saturated carbocycles. The van der Waals surface area contributed by atoms with E-state index >= 15 is 0 Å². The van der Waals surface area contributed by atoms with Gasteiger partial charge in [0.2, 0.25) is 0 Å². The maximum atomic E-state index is 4.40. The van der Waals surface area contributed by atoms with E-state index in [1.54, 1.807) is 0 Å². The van der Waals surface area contributed by atoms with Crippen LogP contribution >= 0.6 is 0 Å². The molecule has 0 bridgehead atoms. The standard InChI is InChI=1S/C12H15N2/c1-10(2)8-14-9-12-6-4-3-5-11(12)7-13-14/h3-7H,8-9H2,1-2H3. The predicted octanol–water partition coefficient (Wildman–Crippen LogP) is 2.45. The van der Waals surface area contributed by atoms with E-state index in [0.717, 1.165) is 13.1 Å². The van der Waals surface area contributed by atoms with E-state index in [9.17, 15) is 0 Å². The van der Waals surface area contributed by atoms with Gasteiger partial charge in [0.25, 0.3) is 0 Å². The Labute approximate surface area is 85.2 Å². The fraction of sp³-hybridized carbons (Fsp3) is 0.333. The number of fused-ring (bicyclic) bond motifs is 1. The number of benzene rings is 1. The molecule has 0 atom stereocenters. The Bertz CT molecular complexity index is 342. The normalized spacial score (nSPS) is 14.6. The van der Waals surface area contributed by atoms with Gasteiger partial charge in [0.1, 0.15) is 0 Å². The van der Waals surface area contributed by atoms with Crippen LogP contribution in [0.5, 0.6) is 0 Å². The molecule has 1 aromatic carbocycles. The molecule has 73 valence electrons. The van der Waals surface area contributed by atoms with Crippen LogP contribution < -0.4 is 0 Å². The summed E-state index contributed by atoms with van der Waals surface area (Å²) < 4.78 is 0. The first-order valence-corrected chi connectivity index (χ1v) is 4.91. The van der Waals surface area contributed by atoms with Gasteiger partial charge in [-0.15, -0.1) is 0 Å². The zero-order valence-corrected chi connectivity index (χ0v) is 8.70. The smallest absolute Gasteiger partial charge is 0.0617 e. The van der Waals surface area contributed by atoms with Crippen LogP contribution in [0.15, 0.2) is 29.4 Å². The zero-order chi connectivity index (χ0) is 9.97. The van der Waals surface area contributed by atoms with Crippen LogP contribution in [0.1, 0.15) is 25.0 Å². The van der Waals surface area contributed by atoms with Crippen molar-refractivity contribution in [1.82, 2.24) is 5.01 Å². The van der Waals surface area contributed by atoms with Gasteiger partial charge in [-0.2, -0.15) is 5.10 Å². The topological polar surface area (TPSA) is 15.6 Å². The van der Waals surface area contributed by atoms with Gasteiger partial charge in [0.05, 0.1) is 12.8 Å². The van der Waals surface area contributed by atoms with Crippen molar-refractivity contribution in [2.24, 2.45) is 5.10 Å². The molecule has 0 aromatic heterocycles. The second-order valence-corrected chi connectivity index (χ2v) is 3.97. The zero-order valence-electron chi connectivity index (χ0n) is 8.70. The molecule has 1 aromatic rings. The minimum Gasteiger partial charge on any atom is -0.292 e. The Morgan fingerprint density at radius 3 is 2.93 bits per heavy atom. The van der Waals surface area contributed by atoms with Crippen LogP contribution in [0.25, 0.3) is 0 Å². The van der Waals surface area contributed by atoms with Crippen molar-refractivity contribution in [1.29, 1.82) is 0 Å². The Balaban J connectivity index is 2.13. The summed E-state index contributed by atoms with van der Waals surface area (Å²) in [5, 5.41) is 6.49. The molecule has 2 rings (SSSR count). The van der Waals surface area contributed by atoms with Crippen LogP contribution in [0.4, 0.5) is 0 Å². The third kappa shape index (κ3) is 1.95. The molecule has 0 N–H and O–H groups in total. The molecule has 1 aliphatic rings. The second-order valence-electron chi connectivity index (χ2n) is 3.97. The van der Waals surface area contributed by atoms with E-state index in [1.807, 2.05) is 6.21 Å². The highest BCUT2D eigenvalue weighted by molar-refractivity contribution is 5.82. The molecular formula is C12H15N2. The van der Waals surface area contributed by atoms with Gasteiger partial charge in [-0.3, -0.25) is 5.01 Å². The fourth-order valence-electron chi connectivity index (χ4n) is 1.65. The lowest BCUT2D eigenvalue weighted by atomic mass is 10.1.